The first-order valence-corrected chi connectivity index (χ1v) is 13.7. The van der Waals surface area contributed by atoms with Crippen molar-refractivity contribution in [3.63, 3.8) is 0 Å². The lowest BCUT2D eigenvalue weighted by Gasteiger charge is -2.20. The lowest BCUT2D eigenvalue weighted by atomic mass is 10.0. The first-order chi connectivity index (χ1) is 19.6. The maximum absolute atomic E-state index is 13.1. The summed E-state index contributed by atoms with van der Waals surface area (Å²) in [6, 6.07) is 32.3. The number of aromatic nitrogens is 1. The molecule has 194 valence electrons. The number of fused-ring (bicyclic) bond motifs is 3. The minimum Gasteiger partial charge on any atom is -0.487 e. The summed E-state index contributed by atoms with van der Waals surface area (Å²) in [6.45, 7) is 0.906. The Labute approximate surface area is 234 Å². The van der Waals surface area contributed by atoms with Crippen molar-refractivity contribution < 1.29 is 9.53 Å². The van der Waals surface area contributed by atoms with Crippen LogP contribution in [0.25, 0.3) is 27.8 Å². The largest absolute Gasteiger partial charge is 0.487 e. The highest BCUT2D eigenvalue weighted by Crippen LogP contribution is 2.31. The van der Waals surface area contributed by atoms with Crippen LogP contribution in [-0.2, 0) is 11.3 Å². The number of para-hydroxylation sites is 2. The van der Waals surface area contributed by atoms with Crippen LogP contribution in [0.5, 0.6) is 5.75 Å². The first-order valence-electron chi connectivity index (χ1n) is 12.9. The Morgan fingerprint density at radius 1 is 0.875 bits per heavy atom. The van der Waals surface area contributed by atoms with Gasteiger partial charge in [0.25, 0.3) is 5.91 Å². The van der Waals surface area contributed by atoms with Crippen molar-refractivity contribution in [1.29, 1.82) is 5.41 Å². The van der Waals surface area contributed by atoms with Crippen LogP contribution < -0.4 is 4.74 Å². The van der Waals surface area contributed by atoms with Gasteiger partial charge in [-0.15, -0.1) is 0 Å². The van der Waals surface area contributed by atoms with Crippen molar-refractivity contribution in [1.82, 2.24) is 9.58 Å². The maximum Gasteiger partial charge on any atom is 0.283 e. The maximum atomic E-state index is 13.1. The zero-order valence-corrected chi connectivity index (χ0v) is 22.1. The standard InChI is InChI=1S/C32H23N5O2S/c33-30-27(31(38)34-32-37(30)35-29(40-32)20-39-24-12-2-1-3-13-24)17-23-19-36(28-16-7-6-15-26(23)28)18-22-11-8-10-21-9-4-5-14-25(21)22/h1-17,19,33H,18,20H2. The van der Waals surface area contributed by atoms with Gasteiger partial charge in [-0.2, -0.15) is 15.1 Å². The minimum absolute atomic E-state index is 0.00287. The van der Waals surface area contributed by atoms with Crippen LogP contribution in [0, 0.1) is 5.41 Å². The fourth-order valence-corrected chi connectivity index (χ4v) is 5.84. The first kappa shape index (κ1) is 24.1. The van der Waals surface area contributed by atoms with E-state index in [9.17, 15) is 4.79 Å². The Hall–Kier alpha value is -4.95. The number of rotatable bonds is 6. The fraction of sp³-hybridized carbons (Fsp3) is 0.0625. The van der Waals surface area contributed by atoms with Crippen molar-refractivity contribution >= 4 is 61.5 Å². The van der Waals surface area contributed by atoms with E-state index in [1.165, 1.54) is 33.1 Å². The number of amides is 1. The average Bonchev–Trinajstić information content (AvgIpc) is 3.56. The Morgan fingerprint density at radius 2 is 1.62 bits per heavy atom. The van der Waals surface area contributed by atoms with Crippen LogP contribution in [0.3, 0.4) is 0 Å². The summed E-state index contributed by atoms with van der Waals surface area (Å²) < 4.78 is 7.99. The van der Waals surface area contributed by atoms with Crippen LogP contribution in [0.1, 0.15) is 11.1 Å². The zero-order chi connectivity index (χ0) is 27.1. The molecule has 2 aliphatic heterocycles. The molecule has 1 N–H and O–H groups in total. The molecular formula is C32H23N5O2S. The van der Waals surface area contributed by atoms with E-state index in [0.717, 1.165) is 22.2 Å². The molecule has 0 saturated carbocycles. The van der Waals surface area contributed by atoms with Crippen LogP contribution in [-0.4, -0.2) is 38.1 Å². The molecule has 0 unspecified atom stereocenters. The average molecular weight is 542 g/mol. The van der Waals surface area contributed by atoms with Gasteiger partial charge in [-0.05, 0) is 52.4 Å². The van der Waals surface area contributed by atoms with Gasteiger partial charge in [0.15, 0.2) is 5.84 Å². The third kappa shape index (κ3) is 4.38. The van der Waals surface area contributed by atoms with E-state index < -0.39 is 5.91 Å². The molecule has 7 rings (SSSR count). The minimum atomic E-state index is -0.449. The predicted molar refractivity (Wildman–Crippen MR) is 162 cm³/mol. The number of carbonyl (C=O) groups is 1. The number of hydrogen-bond acceptors (Lipinski definition) is 5. The molecule has 3 heterocycles. The molecule has 4 aromatic carbocycles. The Bertz CT molecular complexity index is 1900. The van der Waals surface area contributed by atoms with Gasteiger partial charge in [0, 0.05) is 29.2 Å². The summed E-state index contributed by atoms with van der Waals surface area (Å²) >= 11 is 1.25. The molecule has 0 atom stereocenters. The van der Waals surface area contributed by atoms with Gasteiger partial charge >= 0.3 is 0 Å². The van der Waals surface area contributed by atoms with Crippen LogP contribution >= 0.6 is 11.8 Å². The summed E-state index contributed by atoms with van der Waals surface area (Å²) in [5.41, 5.74) is 3.32. The normalized spacial score (nSPS) is 16.0. The predicted octanol–water partition coefficient (Wildman–Crippen LogP) is 6.54. The molecule has 8 heteroatoms. The van der Waals surface area contributed by atoms with Crippen LogP contribution in [0.2, 0.25) is 0 Å². The molecule has 0 fully saturated rings. The second-order valence-corrected chi connectivity index (χ2v) is 10.5. The lowest BCUT2D eigenvalue weighted by molar-refractivity contribution is -0.114. The van der Waals surface area contributed by atoms with E-state index in [1.54, 1.807) is 6.08 Å². The summed E-state index contributed by atoms with van der Waals surface area (Å²) in [6.07, 6.45) is 3.80. The van der Waals surface area contributed by atoms with Gasteiger partial charge < -0.3 is 9.30 Å². The van der Waals surface area contributed by atoms with Crippen molar-refractivity contribution in [2.24, 2.45) is 10.1 Å². The molecule has 0 aliphatic carbocycles. The molecule has 1 aromatic heterocycles. The molecule has 7 nitrogen and oxygen atoms in total. The van der Waals surface area contributed by atoms with Crippen molar-refractivity contribution in [2.75, 3.05) is 6.61 Å². The Balaban J connectivity index is 1.20. The molecule has 0 bridgehead atoms. The van der Waals surface area contributed by atoms with Gasteiger partial charge in [-0.25, -0.2) is 0 Å². The molecular weight excluding hydrogens is 518 g/mol. The fourth-order valence-electron chi connectivity index (χ4n) is 5.04. The smallest absolute Gasteiger partial charge is 0.283 e. The molecule has 0 spiro atoms. The number of nitrogens with one attached hydrogen (secondary N) is 1. The number of thioether (sulfide) groups is 1. The van der Waals surface area contributed by atoms with E-state index >= 15 is 0 Å². The van der Waals surface area contributed by atoms with Gasteiger partial charge in [0.2, 0.25) is 5.17 Å². The number of hydrazone groups is 1. The summed E-state index contributed by atoms with van der Waals surface area (Å²) in [5, 5.41) is 19.2. The highest BCUT2D eigenvalue weighted by Gasteiger charge is 2.36. The highest BCUT2D eigenvalue weighted by molar-refractivity contribution is 8.27. The third-order valence-electron chi connectivity index (χ3n) is 6.94. The highest BCUT2D eigenvalue weighted by atomic mass is 32.2. The number of benzene rings is 4. The van der Waals surface area contributed by atoms with Gasteiger partial charge in [-0.3, -0.25) is 10.2 Å². The van der Waals surface area contributed by atoms with E-state index in [4.69, 9.17) is 10.1 Å². The topological polar surface area (TPSA) is 83.0 Å². The van der Waals surface area contributed by atoms with E-state index in [-0.39, 0.29) is 18.0 Å². The molecule has 1 amide bonds. The number of carbonyl (C=O) groups excluding carboxylic acids is 1. The second-order valence-electron chi connectivity index (χ2n) is 9.48. The van der Waals surface area contributed by atoms with E-state index in [0.29, 0.717) is 16.8 Å². The Kier molecular flexibility index (Phi) is 6.02. The van der Waals surface area contributed by atoms with Gasteiger partial charge in [0.1, 0.15) is 17.4 Å². The molecule has 5 aromatic rings. The van der Waals surface area contributed by atoms with Crippen LogP contribution in [0.15, 0.2) is 119 Å². The number of nitrogens with zero attached hydrogens (tertiary/aromatic N) is 4. The second kappa shape index (κ2) is 9.98. The van der Waals surface area contributed by atoms with Crippen molar-refractivity contribution in [3.05, 3.63) is 120 Å². The number of hydrogen-bond donors (Lipinski definition) is 1. The van der Waals surface area contributed by atoms with Gasteiger partial charge in [0.05, 0.1) is 5.57 Å². The quantitative estimate of drug-likeness (QED) is 0.248. The van der Waals surface area contributed by atoms with E-state index in [1.807, 2.05) is 60.8 Å². The summed E-state index contributed by atoms with van der Waals surface area (Å²) in [4.78, 5) is 17.3. The summed E-state index contributed by atoms with van der Waals surface area (Å²) in [7, 11) is 0. The van der Waals surface area contributed by atoms with Gasteiger partial charge in [-0.1, -0.05) is 78.9 Å². The molecule has 40 heavy (non-hydrogen) atoms. The van der Waals surface area contributed by atoms with Crippen LogP contribution in [0.4, 0.5) is 0 Å². The SMILES string of the molecule is N=C1C(=Cc2cn(Cc3cccc4ccccc34)c3ccccc23)C(=O)N=C2SC(COc3ccccc3)=NN12. The van der Waals surface area contributed by atoms with Crippen molar-refractivity contribution in [3.8, 4) is 5.75 Å². The molecule has 0 radical (unpaired) electrons. The zero-order valence-electron chi connectivity index (χ0n) is 21.3. The molecule has 0 saturated heterocycles. The Morgan fingerprint density at radius 3 is 2.50 bits per heavy atom. The van der Waals surface area contributed by atoms with E-state index in [2.05, 4.69) is 57.1 Å². The van der Waals surface area contributed by atoms with Crippen molar-refractivity contribution in [2.45, 2.75) is 6.54 Å². The molecule has 2 aliphatic rings. The number of amidine groups is 2. The third-order valence-corrected chi connectivity index (χ3v) is 7.82. The monoisotopic (exact) mass is 541 g/mol. The number of ether oxygens (including phenoxy) is 1. The summed E-state index contributed by atoms with van der Waals surface area (Å²) in [5.74, 6) is 0.280. The number of aliphatic imine (C=N–C) groups is 1. The lowest BCUT2D eigenvalue weighted by Crippen LogP contribution is -2.35.